The normalized spacial score (nSPS) is 21.1. The molecule has 1 saturated heterocycles. The molecule has 2 aliphatic rings. The van der Waals surface area contributed by atoms with Crippen LogP contribution in [0.5, 0.6) is 0 Å². The monoisotopic (exact) mass is 478 g/mol. The van der Waals surface area contributed by atoms with E-state index in [9.17, 15) is 14.7 Å². The van der Waals surface area contributed by atoms with E-state index in [1.165, 1.54) is 18.2 Å². The molecule has 0 unspecified atom stereocenters. The fourth-order valence-electron chi connectivity index (χ4n) is 3.94. The van der Waals surface area contributed by atoms with Crippen LogP contribution < -0.4 is 15.5 Å². The standard InChI is InChI=1S/C22H24Cl2N4O4/c23-17-7-6-15(14-18(17)24)28-21(30)26-19-5-2-1-4-16(19)22(28,31)20(29)25-8-3-9-27-10-12-32-13-11-27/h1-2,4-7,14,31H,3,8-13H2,(H,25,29)(H,26,30)/t22-/m0/s1. The summed E-state index contributed by atoms with van der Waals surface area (Å²) in [5, 5.41) is 17.7. The smallest absolute Gasteiger partial charge is 0.329 e. The molecule has 10 heteroatoms. The number of fused-ring (bicyclic) bond motifs is 1. The van der Waals surface area contributed by atoms with Gasteiger partial charge >= 0.3 is 6.03 Å². The summed E-state index contributed by atoms with van der Waals surface area (Å²) in [4.78, 5) is 29.6. The number of urea groups is 1. The zero-order valence-electron chi connectivity index (χ0n) is 17.3. The van der Waals surface area contributed by atoms with Crippen molar-refractivity contribution in [1.82, 2.24) is 10.2 Å². The highest BCUT2D eigenvalue weighted by Gasteiger charge is 2.51. The Morgan fingerprint density at radius 2 is 1.91 bits per heavy atom. The molecule has 1 atom stereocenters. The van der Waals surface area contributed by atoms with E-state index in [-0.39, 0.29) is 16.3 Å². The number of morpholine rings is 1. The van der Waals surface area contributed by atoms with E-state index in [4.69, 9.17) is 27.9 Å². The highest BCUT2D eigenvalue weighted by Crippen LogP contribution is 2.41. The number of anilines is 2. The first-order chi connectivity index (χ1) is 15.4. The van der Waals surface area contributed by atoms with Crippen molar-refractivity contribution in [2.75, 3.05) is 49.6 Å². The topological polar surface area (TPSA) is 94.1 Å². The van der Waals surface area contributed by atoms with Crippen molar-refractivity contribution in [2.24, 2.45) is 0 Å². The molecule has 2 heterocycles. The summed E-state index contributed by atoms with van der Waals surface area (Å²) in [6.07, 6.45) is 0.697. The number of benzene rings is 2. The molecule has 0 spiro atoms. The van der Waals surface area contributed by atoms with Crippen molar-refractivity contribution in [1.29, 1.82) is 0 Å². The van der Waals surface area contributed by atoms with Crippen LogP contribution in [-0.4, -0.2) is 61.3 Å². The maximum atomic E-state index is 13.3. The predicted molar refractivity (Wildman–Crippen MR) is 123 cm³/mol. The van der Waals surface area contributed by atoms with Crippen LogP contribution in [0.4, 0.5) is 16.2 Å². The Morgan fingerprint density at radius 1 is 1.16 bits per heavy atom. The lowest BCUT2D eigenvalue weighted by molar-refractivity contribution is -0.140. The molecule has 0 saturated carbocycles. The second kappa shape index (κ2) is 9.64. The number of rotatable bonds is 6. The Bertz CT molecular complexity index is 1020. The lowest BCUT2D eigenvalue weighted by atomic mass is 9.94. The summed E-state index contributed by atoms with van der Waals surface area (Å²) in [7, 11) is 0. The molecule has 2 aromatic rings. The molecule has 0 radical (unpaired) electrons. The van der Waals surface area contributed by atoms with Gasteiger partial charge in [0.1, 0.15) is 0 Å². The van der Waals surface area contributed by atoms with Crippen LogP contribution in [0.25, 0.3) is 0 Å². The van der Waals surface area contributed by atoms with Gasteiger partial charge in [-0.1, -0.05) is 41.4 Å². The largest absolute Gasteiger partial charge is 0.379 e. The summed E-state index contributed by atoms with van der Waals surface area (Å²) >= 11 is 12.2. The van der Waals surface area contributed by atoms with Gasteiger partial charge in [-0.3, -0.25) is 14.6 Å². The van der Waals surface area contributed by atoms with Crippen LogP contribution in [0.1, 0.15) is 12.0 Å². The minimum absolute atomic E-state index is 0.198. The minimum Gasteiger partial charge on any atom is -0.379 e. The Balaban J connectivity index is 1.59. The van der Waals surface area contributed by atoms with E-state index in [1.807, 2.05) is 0 Å². The number of ether oxygens (including phenoxy) is 1. The number of para-hydroxylation sites is 1. The number of aliphatic hydroxyl groups is 1. The first kappa shape index (κ1) is 22.8. The molecule has 0 aliphatic carbocycles. The van der Waals surface area contributed by atoms with Gasteiger partial charge < -0.3 is 20.5 Å². The van der Waals surface area contributed by atoms with Gasteiger partial charge in [0.15, 0.2) is 0 Å². The number of halogens is 2. The first-order valence-corrected chi connectivity index (χ1v) is 11.1. The van der Waals surface area contributed by atoms with E-state index in [2.05, 4.69) is 15.5 Å². The maximum absolute atomic E-state index is 13.3. The van der Waals surface area contributed by atoms with Gasteiger partial charge in [-0.05, 0) is 37.2 Å². The molecule has 2 aliphatic heterocycles. The van der Waals surface area contributed by atoms with Gasteiger partial charge in [0.25, 0.3) is 11.6 Å². The quantitative estimate of drug-likeness (QED) is 0.554. The highest BCUT2D eigenvalue weighted by atomic mass is 35.5. The third-order valence-corrected chi connectivity index (χ3v) is 6.33. The summed E-state index contributed by atoms with van der Waals surface area (Å²) in [5.74, 6) is -0.701. The lowest BCUT2D eigenvalue weighted by Crippen LogP contribution is -2.62. The number of carbonyl (C=O) groups excluding carboxylic acids is 2. The van der Waals surface area contributed by atoms with Gasteiger partial charge in [-0.25, -0.2) is 4.79 Å². The molecule has 32 heavy (non-hydrogen) atoms. The molecule has 170 valence electrons. The molecule has 0 aromatic heterocycles. The van der Waals surface area contributed by atoms with Gasteiger partial charge in [0, 0.05) is 25.2 Å². The van der Waals surface area contributed by atoms with Crippen molar-refractivity contribution < 1.29 is 19.4 Å². The number of hydrogen-bond donors (Lipinski definition) is 3. The first-order valence-electron chi connectivity index (χ1n) is 10.4. The Kier molecular flexibility index (Phi) is 6.88. The molecule has 1 fully saturated rings. The van der Waals surface area contributed by atoms with Gasteiger partial charge in [-0.15, -0.1) is 0 Å². The van der Waals surface area contributed by atoms with Crippen LogP contribution in [0.15, 0.2) is 42.5 Å². The minimum atomic E-state index is -2.27. The van der Waals surface area contributed by atoms with E-state index in [0.29, 0.717) is 36.9 Å². The van der Waals surface area contributed by atoms with Gasteiger partial charge in [0.2, 0.25) is 0 Å². The lowest BCUT2D eigenvalue weighted by Gasteiger charge is -2.42. The van der Waals surface area contributed by atoms with Crippen molar-refractivity contribution in [3.05, 3.63) is 58.1 Å². The van der Waals surface area contributed by atoms with Crippen LogP contribution in [0, 0.1) is 0 Å². The highest BCUT2D eigenvalue weighted by molar-refractivity contribution is 6.42. The van der Waals surface area contributed by atoms with Gasteiger partial charge in [-0.2, -0.15) is 0 Å². The number of amides is 3. The fourth-order valence-corrected chi connectivity index (χ4v) is 4.23. The average Bonchev–Trinajstić information content (AvgIpc) is 2.79. The zero-order valence-corrected chi connectivity index (χ0v) is 18.8. The van der Waals surface area contributed by atoms with Crippen LogP contribution in [-0.2, 0) is 15.3 Å². The summed E-state index contributed by atoms with van der Waals surface area (Å²) < 4.78 is 5.34. The maximum Gasteiger partial charge on any atom is 0.329 e. The van der Waals surface area contributed by atoms with E-state index < -0.39 is 17.7 Å². The summed E-state index contributed by atoms with van der Waals surface area (Å²) in [5.41, 5.74) is -1.41. The Morgan fingerprint density at radius 3 is 2.66 bits per heavy atom. The zero-order chi connectivity index (χ0) is 22.7. The summed E-state index contributed by atoms with van der Waals surface area (Å²) in [6, 6.07) is 10.5. The number of hydrogen-bond acceptors (Lipinski definition) is 5. The van der Waals surface area contributed by atoms with Crippen molar-refractivity contribution in [2.45, 2.75) is 12.1 Å². The second-order valence-corrected chi connectivity index (χ2v) is 8.46. The van der Waals surface area contributed by atoms with Crippen molar-refractivity contribution in [3.8, 4) is 0 Å². The average molecular weight is 479 g/mol. The third kappa shape index (κ3) is 4.42. The SMILES string of the molecule is O=C1Nc2ccccc2[C@](O)(C(=O)NCCCN2CCOCC2)N1c1ccc(Cl)c(Cl)c1. The second-order valence-electron chi connectivity index (χ2n) is 7.65. The fraction of sp³-hybridized carbons (Fsp3) is 0.364. The Hall–Kier alpha value is -2.36. The molecular formula is C22H24Cl2N4O4. The number of nitrogens with one attached hydrogen (secondary N) is 2. The van der Waals surface area contributed by atoms with Gasteiger partial charge in [0.05, 0.1) is 34.6 Å². The van der Waals surface area contributed by atoms with E-state index in [1.54, 1.807) is 24.3 Å². The number of nitrogens with zero attached hydrogens (tertiary/aromatic N) is 2. The number of carbonyl (C=O) groups is 2. The molecular weight excluding hydrogens is 455 g/mol. The molecule has 3 amide bonds. The third-order valence-electron chi connectivity index (χ3n) is 5.59. The van der Waals surface area contributed by atoms with Crippen LogP contribution >= 0.6 is 23.2 Å². The molecule has 3 N–H and O–H groups in total. The molecule has 2 aromatic carbocycles. The van der Waals surface area contributed by atoms with E-state index in [0.717, 1.165) is 24.5 Å². The summed E-state index contributed by atoms with van der Waals surface area (Å²) in [6.45, 7) is 4.27. The Labute approximate surface area is 196 Å². The predicted octanol–water partition coefficient (Wildman–Crippen LogP) is 3.03. The van der Waals surface area contributed by atoms with Crippen LogP contribution in [0.3, 0.4) is 0 Å². The van der Waals surface area contributed by atoms with Crippen LogP contribution in [0.2, 0.25) is 10.0 Å². The molecule has 4 rings (SSSR count). The molecule has 8 nitrogen and oxygen atoms in total. The van der Waals surface area contributed by atoms with Crippen molar-refractivity contribution in [3.63, 3.8) is 0 Å². The molecule has 0 bridgehead atoms. The van der Waals surface area contributed by atoms with Crippen molar-refractivity contribution >= 4 is 46.5 Å². The van der Waals surface area contributed by atoms with E-state index >= 15 is 0 Å².